The average molecular weight is 466 g/mol. The predicted molar refractivity (Wildman–Crippen MR) is 125 cm³/mol. The Morgan fingerprint density at radius 1 is 1.21 bits per heavy atom. The molecule has 0 aliphatic carbocycles. The largest absolute Gasteiger partial charge is 0.480 e. The number of anilines is 1. The third kappa shape index (κ3) is 5.94. The number of primary amides is 1. The molecule has 0 saturated heterocycles. The molecular formula is C23H26N6O5. The van der Waals surface area contributed by atoms with E-state index in [1.165, 1.54) is 0 Å². The number of hydrogen-bond acceptors (Lipinski definition) is 7. The SMILES string of the molecule is CCC(Cc1cnc2nc(N)[nH]c(=O)c2c1)c1ccc(C(=O)N[C@@H](CCC(N)=O)C(=O)O)cc1. The number of rotatable bonds is 10. The molecule has 0 radical (unpaired) electrons. The third-order valence-electron chi connectivity index (χ3n) is 5.54. The number of aromatic nitrogens is 3. The summed E-state index contributed by atoms with van der Waals surface area (Å²) in [6, 6.07) is 7.40. The van der Waals surface area contributed by atoms with Crippen molar-refractivity contribution in [1.82, 2.24) is 20.3 Å². The van der Waals surface area contributed by atoms with Gasteiger partial charge in [-0.2, -0.15) is 4.98 Å². The second kappa shape index (κ2) is 10.6. The highest BCUT2D eigenvalue weighted by atomic mass is 16.4. The maximum absolute atomic E-state index is 12.5. The van der Waals surface area contributed by atoms with Gasteiger partial charge in [0.15, 0.2) is 5.65 Å². The van der Waals surface area contributed by atoms with Crippen LogP contribution in [0.3, 0.4) is 0 Å². The lowest BCUT2D eigenvalue weighted by Crippen LogP contribution is -2.41. The number of carboxylic acids is 1. The second-order valence-electron chi connectivity index (χ2n) is 7.97. The highest BCUT2D eigenvalue weighted by Gasteiger charge is 2.21. The zero-order valence-corrected chi connectivity index (χ0v) is 18.6. The molecule has 3 rings (SSSR count). The van der Waals surface area contributed by atoms with E-state index in [1.807, 2.05) is 19.1 Å². The fourth-order valence-electron chi connectivity index (χ4n) is 3.67. The van der Waals surface area contributed by atoms with Crippen molar-refractivity contribution in [2.45, 2.75) is 44.6 Å². The number of fused-ring (bicyclic) bond motifs is 1. The quantitative estimate of drug-likeness (QED) is 0.293. The van der Waals surface area contributed by atoms with E-state index < -0.39 is 23.8 Å². The lowest BCUT2D eigenvalue weighted by Gasteiger charge is -2.17. The van der Waals surface area contributed by atoms with Crippen molar-refractivity contribution < 1.29 is 19.5 Å². The van der Waals surface area contributed by atoms with Gasteiger partial charge in [0, 0.05) is 18.2 Å². The fraction of sp³-hybridized carbons (Fsp3) is 0.304. The normalized spacial score (nSPS) is 12.7. The minimum Gasteiger partial charge on any atom is -0.480 e. The van der Waals surface area contributed by atoms with Gasteiger partial charge in [0.1, 0.15) is 6.04 Å². The van der Waals surface area contributed by atoms with Crippen LogP contribution in [0, 0.1) is 0 Å². The highest BCUT2D eigenvalue weighted by molar-refractivity contribution is 5.96. The van der Waals surface area contributed by atoms with Crippen LogP contribution >= 0.6 is 0 Å². The third-order valence-corrected chi connectivity index (χ3v) is 5.54. The number of aliphatic carboxylic acids is 1. The number of H-pyrrole nitrogens is 1. The molecule has 11 nitrogen and oxygen atoms in total. The molecule has 2 atom stereocenters. The Morgan fingerprint density at radius 3 is 2.53 bits per heavy atom. The van der Waals surface area contributed by atoms with E-state index in [9.17, 15) is 24.3 Å². The summed E-state index contributed by atoms with van der Waals surface area (Å²) in [4.78, 5) is 57.7. The van der Waals surface area contributed by atoms with Crippen LogP contribution in [0.2, 0.25) is 0 Å². The summed E-state index contributed by atoms with van der Waals surface area (Å²) in [5.41, 5.74) is 12.7. The lowest BCUT2D eigenvalue weighted by molar-refractivity contribution is -0.139. The fourth-order valence-corrected chi connectivity index (χ4v) is 3.67. The minimum absolute atomic E-state index is 0.0101. The van der Waals surface area contributed by atoms with Crippen LogP contribution in [0.1, 0.15) is 53.6 Å². The van der Waals surface area contributed by atoms with E-state index in [-0.39, 0.29) is 35.9 Å². The first kappa shape index (κ1) is 24.4. The number of nitrogen functional groups attached to an aromatic ring is 1. The van der Waals surface area contributed by atoms with E-state index in [1.54, 1.807) is 24.4 Å². The van der Waals surface area contributed by atoms with Crippen LogP contribution in [-0.2, 0) is 16.0 Å². The molecule has 2 aromatic heterocycles. The Bertz CT molecular complexity index is 1270. The maximum atomic E-state index is 12.5. The summed E-state index contributed by atoms with van der Waals surface area (Å²) in [6.07, 6.45) is 2.85. The smallest absolute Gasteiger partial charge is 0.326 e. The van der Waals surface area contributed by atoms with Crippen LogP contribution < -0.4 is 22.3 Å². The molecule has 0 saturated carbocycles. The van der Waals surface area contributed by atoms with Crippen LogP contribution in [0.25, 0.3) is 11.0 Å². The molecule has 3 aromatic rings. The van der Waals surface area contributed by atoms with Gasteiger partial charge in [0.05, 0.1) is 5.39 Å². The highest BCUT2D eigenvalue weighted by Crippen LogP contribution is 2.25. The van der Waals surface area contributed by atoms with Crippen molar-refractivity contribution in [3.05, 3.63) is 63.6 Å². The molecule has 0 fully saturated rings. The van der Waals surface area contributed by atoms with Crippen molar-refractivity contribution in [2.24, 2.45) is 5.73 Å². The van der Waals surface area contributed by atoms with E-state index in [0.717, 1.165) is 17.5 Å². The van der Waals surface area contributed by atoms with Crippen LogP contribution in [0.15, 0.2) is 41.3 Å². The molecule has 0 aliphatic rings. The molecule has 2 amide bonds. The molecule has 2 heterocycles. The van der Waals surface area contributed by atoms with E-state index in [4.69, 9.17) is 11.5 Å². The summed E-state index contributed by atoms with van der Waals surface area (Å²) in [5, 5.41) is 12.0. The molecular weight excluding hydrogens is 440 g/mol. The molecule has 1 aromatic carbocycles. The summed E-state index contributed by atoms with van der Waals surface area (Å²) >= 11 is 0. The molecule has 11 heteroatoms. The van der Waals surface area contributed by atoms with Crippen molar-refractivity contribution in [1.29, 1.82) is 0 Å². The number of hydrogen-bond donors (Lipinski definition) is 5. The summed E-state index contributed by atoms with van der Waals surface area (Å²) < 4.78 is 0. The Labute approximate surface area is 194 Å². The number of carboxylic acid groups (broad SMARTS) is 1. The van der Waals surface area contributed by atoms with Gasteiger partial charge in [0.2, 0.25) is 11.9 Å². The topological polar surface area (TPSA) is 194 Å². The van der Waals surface area contributed by atoms with Crippen molar-refractivity contribution in [2.75, 3.05) is 5.73 Å². The monoisotopic (exact) mass is 466 g/mol. The Morgan fingerprint density at radius 2 is 1.91 bits per heavy atom. The number of pyridine rings is 1. The first-order chi connectivity index (χ1) is 16.2. The summed E-state index contributed by atoms with van der Waals surface area (Å²) in [5.74, 6) is -2.32. The van der Waals surface area contributed by atoms with E-state index in [2.05, 4.69) is 20.3 Å². The van der Waals surface area contributed by atoms with Crippen molar-refractivity contribution in [3.63, 3.8) is 0 Å². The van der Waals surface area contributed by atoms with E-state index in [0.29, 0.717) is 17.4 Å². The van der Waals surface area contributed by atoms with Crippen LogP contribution in [-0.4, -0.2) is 43.9 Å². The van der Waals surface area contributed by atoms with Crippen molar-refractivity contribution >= 4 is 34.8 Å². The first-order valence-electron chi connectivity index (χ1n) is 10.7. The summed E-state index contributed by atoms with van der Waals surface area (Å²) in [7, 11) is 0. The van der Waals surface area contributed by atoms with Crippen molar-refractivity contribution in [3.8, 4) is 0 Å². The zero-order chi connectivity index (χ0) is 24.8. The number of aromatic amines is 1. The van der Waals surface area contributed by atoms with Crippen LogP contribution in [0.5, 0.6) is 0 Å². The molecule has 7 N–H and O–H groups in total. The van der Waals surface area contributed by atoms with Crippen LogP contribution in [0.4, 0.5) is 5.95 Å². The van der Waals surface area contributed by atoms with Gasteiger partial charge in [0.25, 0.3) is 11.5 Å². The van der Waals surface area contributed by atoms with Gasteiger partial charge in [-0.05, 0) is 54.5 Å². The first-order valence-corrected chi connectivity index (χ1v) is 10.7. The second-order valence-corrected chi connectivity index (χ2v) is 7.97. The predicted octanol–water partition coefficient (Wildman–Crippen LogP) is 1.09. The molecule has 0 spiro atoms. The molecule has 0 aliphatic heterocycles. The van der Waals surface area contributed by atoms with Gasteiger partial charge in [-0.25, -0.2) is 9.78 Å². The summed E-state index contributed by atoms with van der Waals surface area (Å²) in [6.45, 7) is 2.03. The van der Waals surface area contributed by atoms with Gasteiger partial charge >= 0.3 is 5.97 Å². The Kier molecular flexibility index (Phi) is 7.57. The van der Waals surface area contributed by atoms with Gasteiger partial charge in [-0.15, -0.1) is 0 Å². The lowest BCUT2D eigenvalue weighted by atomic mass is 9.89. The molecule has 34 heavy (non-hydrogen) atoms. The number of carbonyl (C=O) groups is 3. The number of benzene rings is 1. The zero-order valence-electron chi connectivity index (χ0n) is 18.6. The molecule has 1 unspecified atom stereocenters. The van der Waals surface area contributed by atoms with E-state index >= 15 is 0 Å². The number of nitrogens with two attached hydrogens (primary N) is 2. The number of carbonyl (C=O) groups excluding carboxylic acids is 2. The Hall–Kier alpha value is -4.28. The number of amides is 2. The molecule has 0 bridgehead atoms. The molecule has 178 valence electrons. The van der Waals surface area contributed by atoms with Gasteiger partial charge < -0.3 is 21.9 Å². The minimum atomic E-state index is -1.24. The average Bonchev–Trinajstić information content (AvgIpc) is 2.80. The maximum Gasteiger partial charge on any atom is 0.326 e. The number of nitrogens with zero attached hydrogens (tertiary/aromatic N) is 2. The Balaban J connectivity index is 1.72. The van der Waals surface area contributed by atoms with Gasteiger partial charge in [-0.3, -0.25) is 19.4 Å². The number of nitrogens with one attached hydrogen (secondary N) is 2. The van der Waals surface area contributed by atoms with Gasteiger partial charge in [-0.1, -0.05) is 19.1 Å². The standard InChI is InChI=1S/C23H26N6O5/c1-2-13(9-12-10-16-19(26-11-12)28-23(25)29-21(16)32)14-3-5-15(6-4-14)20(31)27-17(22(33)34)7-8-18(24)30/h3-6,10-11,13,17H,2,7-9H2,1H3,(H2,24,30)(H,27,31)(H,33,34)(H3,25,26,28,29,32)/t13?,17-/m0/s1.